The molecule has 1 N–H and O–H groups in total. The summed E-state index contributed by atoms with van der Waals surface area (Å²) in [6, 6.07) is 0. The second-order valence-corrected chi connectivity index (χ2v) is 2.79. The number of carbonyl (C=O) groups is 3. The first kappa shape index (κ1) is 9.66. The first-order valence-electron chi connectivity index (χ1n) is 3.47. The third-order valence-corrected chi connectivity index (χ3v) is 2.06. The van der Waals surface area contributed by atoms with Gasteiger partial charge in [0, 0.05) is 7.11 Å². The number of carbonyl (C=O) groups excluding carboxylic acids is 2. The Hall–Kier alpha value is -1.43. The molecule has 0 aliphatic carbocycles. The predicted molar refractivity (Wildman–Crippen MR) is 37.6 cm³/mol. The van der Waals surface area contributed by atoms with Crippen LogP contribution in [0.15, 0.2) is 0 Å². The highest BCUT2D eigenvalue weighted by atomic mass is 16.6. The third-order valence-electron chi connectivity index (χ3n) is 2.06. The van der Waals surface area contributed by atoms with Crippen molar-refractivity contribution < 1.29 is 29.0 Å². The lowest BCUT2D eigenvalue weighted by Gasteiger charge is -2.19. The standard InChI is InChI=1S/C7H8O6/c1-7(12-2)3(4(8)9)5(10)13-6(7)11/h3H,1-2H3,(H,8,9). The summed E-state index contributed by atoms with van der Waals surface area (Å²) in [7, 11) is 1.15. The zero-order valence-electron chi connectivity index (χ0n) is 7.07. The molecule has 0 radical (unpaired) electrons. The molecule has 6 heteroatoms. The number of hydrogen-bond donors (Lipinski definition) is 1. The molecular formula is C7H8O6. The topological polar surface area (TPSA) is 89.9 Å². The van der Waals surface area contributed by atoms with E-state index in [-0.39, 0.29) is 0 Å². The number of carboxylic acids is 1. The fourth-order valence-corrected chi connectivity index (χ4v) is 1.13. The quantitative estimate of drug-likeness (QED) is 0.449. The van der Waals surface area contributed by atoms with Gasteiger partial charge in [0.2, 0.25) is 0 Å². The summed E-state index contributed by atoms with van der Waals surface area (Å²) in [4.78, 5) is 32.5. The normalized spacial score (nSPS) is 33.2. The van der Waals surface area contributed by atoms with E-state index in [1.807, 2.05) is 0 Å². The second kappa shape index (κ2) is 2.81. The van der Waals surface area contributed by atoms with E-state index in [2.05, 4.69) is 9.47 Å². The maximum atomic E-state index is 11.0. The van der Waals surface area contributed by atoms with Crippen LogP contribution in [0, 0.1) is 5.92 Å². The average Bonchev–Trinajstić information content (AvgIpc) is 2.24. The molecule has 6 nitrogen and oxygen atoms in total. The predicted octanol–water partition coefficient (Wildman–Crippen LogP) is -0.824. The molecule has 1 saturated heterocycles. The Bertz CT molecular complexity index is 283. The fraction of sp³-hybridized carbons (Fsp3) is 0.571. The maximum Gasteiger partial charge on any atom is 0.347 e. The summed E-state index contributed by atoms with van der Waals surface area (Å²) in [6.45, 7) is 1.21. The van der Waals surface area contributed by atoms with Gasteiger partial charge in [-0.1, -0.05) is 0 Å². The van der Waals surface area contributed by atoms with Crippen LogP contribution in [-0.4, -0.2) is 35.7 Å². The van der Waals surface area contributed by atoms with E-state index in [0.717, 1.165) is 7.11 Å². The molecule has 0 amide bonds. The molecule has 2 atom stereocenters. The lowest BCUT2D eigenvalue weighted by Crippen LogP contribution is -2.44. The van der Waals surface area contributed by atoms with Gasteiger partial charge in [-0.2, -0.15) is 0 Å². The van der Waals surface area contributed by atoms with Crippen LogP contribution in [0.1, 0.15) is 6.92 Å². The lowest BCUT2D eigenvalue weighted by atomic mass is 9.92. The van der Waals surface area contributed by atoms with Crippen molar-refractivity contribution in [3.05, 3.63) is 0 Å². The van der Waals surface area contributed by atoms with Gasteiger partial charge in [-0.15, -0.1) is 0 Å². The Morgan fingerprint density at radius 3 is 2.46 bits per heavy atom. The zero-order valence-corrected chi connectivity index (χ0v) is 7.07. The average molecular weight is 188 g/mol. The third kappa shape index (κ3) is 1.19. The van der Waals surface area contributed by atoms with Crippen LogP contribution >= 0.6 is 0 Å². The molecule has 1 aliphatic heterocycles. The first-order chi connectivity index (χ1) is 5.93. The number of carboxylic acid groups (broad SMARTS) is 1. The SMILES string of the molecule is COC1(C)C(=O)OC(=O)C1C(=O)O. The summed E-state index contributed by atoms with van der Waals surface area (Å²) in [5.74, 6) is -5.06. The summed E-state index contributed by atoms with van der Waals surface area (Å²) in [5, 5.41) is 8.64. The van der Waals surface area contributed by atoms with Gasteiger partial charge >= 0.3 is 17.9 Å². The Kier molecular flexibility index (Phi) is 2.09. The molecule has 1 heterocycles. The number of esters is 2. The van der Waals surface area contributed by atoms with Crippen LogP contribution in [0.3, 0.4) is 0 Å². The van der Waals surface area contributed by atoms with E-state index in [0.29, 0.717) is 0 Å². The molecule has 2 unspecified atom stereocenters. The molecule has 0 bridgehead atoms. The van der Waals surface area contributed by atoms with Gasteiger partial charge in [0.1, 0.15) is 0 Å². The lowest BCUT2D eigenvalue weighted by molar-refractivity contribution is -0.161. The van der Waals surface area contributed by atoms with Gasteiger partial charge in [0.25, 0.3) is 0 Å². The van der Waals surface area contributed by atoms with E-state index >= 15 is 0 Å². The van der Waals surface area contributed by atoms with Gasteiger partial charge in [-0.05, 0) is 6.92 Å². The van der Waals surface area contributed by atoms with Gasteiger partial charge in [0.15, 0.2) is 11.5 Å². The summed E-state index contributed by atoms with van der Waals surface area (Å²) in [5.41, 5.74) is -1.71. The van der Waals surface area contributed by atoms with Crippen LogP contribution in [0.25, 0.3) is 0 Å². The van der Waals surface area contributed by atoms with E-state index in [1.165, 1.54) is 6.92 Å². The summed E-state index contributed by atoms with van der Waals surface area (Å²) < 4.78 is 8.84. The highest BCUT2D eigenvalue weighted by Crippen LogP contribution is 2.30. The zero-order chi connectivity index (χ0) is 10.2. The molecule has 0 aromatic heterocycles. The molecule has 1 aliphatic rings. The fourth-order valence-electron chi connectivity index (χ4n) is 1.13. The number of hydrogen-bond acceptors (Lipinski definition) is 5. The monoisotopic (exact) mass is 188 g/mol. The van der Waals surface area contributed by atoms with Crippen LogP contribution in [0.5, 0.6) is 0 Å². The minimum atomic E-state index is -1.71. The number of methoxy groups -OCH3 is 1. The molecule has 72 valence electrons. The van der Waals surface area contributed by atoms with Crippen molar-refractivity contribution in [2.24, 2.45) is 5.92 Å². The van der Waals surface area contributed by atoms with Crippen LogP contribution in [0.4, 0.5) is 0 Å². The van der Waals surface area contributed by atoms with Crippen molar-refractivity contribution in [3.63, 3.8) is 0 Å². The maximum absolute atomic E-state index is 11.0. The molecule has 0 aromatic carbocycles. The van der Waals surface area contributed by atoms with Crippen molar-refractivity contribution in [1.29, 1.82) is 0 Å². The Labute approximate surface area is 73.4 Å². The Morgan fingerprint density at radius 1 is 1.62 bits per heavy atom. The van der Waals surface area contributed by atoms with E-state index in [9.17, 15) is 14.4 Å². The van der Waals surface area contributed by atoms with Crippen molar-refractivity contribution in [1.82, 2.24) is 0 Å². The Balaban J connectivity index is 3.11. The van der Waals surface area contributed by atoms with E-state index < -0.39 is 29.4 Å². The smallest absolute Gasteiger partial charge is 0.347 e. The molecule has 13 heavy (non-hydrogen) atoms. The summed E-state index contributed by atoms with van der Waals surface area (Å²) >= 11 is 0. The number of ether oxygens (including phenoxy) is 2. The molecule has 0 saturated carbocycles. The molecule has 1 rings (SSSR count). The van der Waals surface area contributed by atoms with Gasteiger partial charge in [-0.25, -0.2) is 4.79 Å². The Morgan fingerprint density at radius 2 is 2.15 bits per heavy atom. The highest BCUT2D eigenvalue weighted by Gasteiger charge is 2.59. The van der Waals surface area contributed by atoms with Crippen molar-refractivity contribution in [3.8, 4) is 0 Å². The second-order valence-electron chi connectivity index (χ2n) is 2.79. The number of aliphatic carboxylic acids is 1. The summed E-state index contributed by atoms with van der Waals surface area (Å²) in [6.07, 6.45) is 0. The highest BCUT2D eigenvalue weighted by molar-refractivity contribution is 6.10. The van der Waals surface area contributed by atoms with Gasteiger partial charge in [-0.3, -0.25) is 9.59 Å². The van der Waals surface area contributed by atoms with Crippen molar-refractivity contribution >= 4 is 17.9 Å². The molecule has 0 spiro atoms. The van der Waals surface area contributed by atoms with Crippen molar-refractivity contribution in [2.45, 2.75) is 12.5 Å². The van der Waals surface area contributed by atoms with Crippen LogP contribution < -0.4 is 0 Å². The van der Waals surface area contributed by atoms with E-state index in [4.69, 9.17) is 5.11 Å². The van der Waals surface area contributed by atoms with Gasteiger partial charge in [0.05, 0.1) is 0 Å². The van der Waals surface area contributed by atoms with Crippen LogP contribution in [0.2, 0.25) is 0 Å². The van der Waals surface area contributed by atoms with E-state index in [1.54, 1.807) is 0 Å². The first-order valence-corrected chi connectivity index (χ1v) is 3.47. The minimum Gasteiger partial charge on any atom is -0.481 e. The molecule has 0 aromatic rings. The molecular weight excluding hydrogens is 180 g/mol. The largest absolute Gasteiger partial charge is 0.481 e. The minimum absolute atomic E-state index is 0.965. The van der Waals surface area contributed by atoms with Crippen molar-refractivity contribution in [2.75, 3.05) is 7.11 Å². The number of cyclic esters (lactones) is 2. The van der Waals surface area contributed by atoms with Crippen LogP contribution in [-0.2, 0) is 23.9 Å². The molecule has 1 fully saturated rings. The van der Waals surface area contributed by atoms with Gasteiger partial charge < -0.3 is 14.6 Å². The number of rotatable bonds is 2.